The SMILES string of the molecule is C=IC(F)(F)c1cccc(C(CC(=O)NCCOC)Nc2nc3ccccc3[nH]2)c1. The number of nitrogens with one attached hydrogen (secondary N) is 3. The van der Waals surface area contributed by atoms with Crippen LogP contribution in [0.25, 0.3) is 11.0 Å². The minimum Gasteiger partial charge on any atom is -0.383 e. The summed E-state index contributed by atoms with van der Waals surface area (Å²) in [4.78, 5) is 20.0. The molecule has 160 valence electrons. The normalized spacial score (nSPS) is 12.6. The highest BCUT2D eigenvalue weighted by Crippen LogP contribution is 2.39. The van der Waals surface area contributed by atoms with Gasteiger partial charge >= 0.3 is 3.93 Å². The van der Waals surface area contributed by atoms with Crippen LogP contribution in [0.3, 0.4) is 0 Å². The summed E-state index contributed by atoms with van der Waals surface area (Å²) in [5.41, 5.74) is 2.10. The minimum absolute atomic E-state index is 0.0508. The minimum atomic E-state index is -2.93. The topological polar surface area (TPSA) is 79.0 Å². The average Bonchev–Trinajstić information content (AvgIpc) is 3.16. The summed E-state index contributed by atoms with van der Waals surface area (Å²) in [7, 11) is 1.55. The maximum atomic E-state index is 14.2. The third kappa shape index (κ3) is 5.60. The summed E-state index contributed by atoms with van der Waals surface area (Å²) >= 11 is -1.56. The molecular formula is C21H23F2IN4O2. The number of carbonyl (C=O) groups is 1. The lowest BCUT2D eigenvalue weighted by molar-refractivity contribution is -0.121. The largest absolute Gasteiger partial charge is 0.383 e. The monoisotopic (exact) mass is 528 g/mol. The number of anilines is 1. The van der Waals surface area contributed by atoms with Gasteiger partial charge in [-0.25, -0.2) is 4.98 Å². The lowest BCUT2D eigenvalue weighted by Crippen LogP contribution is -2.30. The Morgan fingerprint density at radius 1 is 1.30 bits per heavy atom. The first-order chi connectivity index (χ1) is 14.4. The smallest absolute Gasteiger partial charge is 0.316 e. The number of alkyl halides is 3. The Morgan fingerprint density at radius 2 is 2.10 bits per heavy atom. The molecule has 0 saturated carbocycles. The van der Waals surface area contributed by atoms with Gasteiger partial charge in [-0.05, 0) is 44.5 Å². The van der Waals surface area contributed by atoms with E-state index < -0.39 is 30.7 Å². The second kappa shape index (κ2) is 10.1. The summed E-state index contributed by atoms with van der Waals surface area (Å²) in [5, 5.41) is 5.96. The molecule has 0 spiro atoms. The lowest BCUT2D eigenvalue weighted by Gasteiger charge is -2.20. The molecule has 1 unspecified atom stereocenters. The van der Waals surface area contributed by atoms with Gasteiger partial charge in [0.05, 0.1) is 30.1 Å². The van der Waals surface area contributed by atoms with Crippen molar-refractivity contribution in [3.05, 3.63) is 59.7 Å². The number of ether oxygens (including phenoxy) is 1. The van der Waals surface area contributed by atoms with Crippen molar-refractivity contribution in [2.45, 2.75) is 16.4 Å². The molecule has 1 amide bonds. The Bertz CT molecular complexity index is 992. The zero-order valence-corrected chi connectivity index (χ0v) is 18.6. The number of amides is 1. The maximum absolute atomic E-state index is 14.2. The van der Waals surface area contributed by atoms with Gasteiger partial charge in [0.1, 0.15) is 0 Å². The molecular weight excluding hydrogens is 505 g/mol. The molecule has 0 aliphatic carbocycles. The summed E-state index contributed by atoms with van der Waals surface area (Å²) in [6, 6.07) is 13.1. The van der Waals surface area contributed by atoms with Crippen LogP contribution in [-0.2, 0) is 13.5 Å². The first-order valence-electron chi connectivity index (χ1n) is 9.27. The third-order valence-corrected chi connectivity index (χ3v) is 6.08. The maximum Gasteiger partial charge on any atom is 0.316 e. The van der Waals surface area contributed by atoms with Gasteiger partial charge in [0.25, 0.3) is 0 Å². The summed E-state index contributed by atoms with van der Waals surface area (Å²) in [5.74, 6) is 0.245. The van der Waals surface area contributed by atoms with E-state index >= 15 is 0 Å². The van der Waals surface area contributed by atoms with Crippen LogP contribution in [0, 0.1) is 0 Å². The van der Waals surface area contributed by atoms with Crippen molar-refractivity contribution in [2.75, 3.05) is 25.6 Å². The van der Waals surface area contributed by atoms with E-state index in [0.29, 0.717) is 24.7 Å². The predicted molar refractivity (Wildman–Crippen MR) is 123 cm³/mol. The van der Waals surface area contributed by atoms with Crippen molar-refractivity contribution < 1.29 is 18.3 Å². The fraction of sp³-hybridized carbons (Fsp3) is 0.286. The molecule has 1 atom stereocenters. The van der Waals surface area contributed by atoms with Gasteiger partial charge in [0.2, 0.25) is 11.9 Å². The fourth-order valence-electron chi connectivity index (χ4n) is 3.00. The van der Waals surface area contributed by atoms with Crippen LogP contribution in [0.15, 0.2) is 48.5 Å². The van der Waals surface area contributed by atoms with Gasteiger partial charge in [0, 0.05) is 19.2 Å². The Morgan fingerprint density at radius 3 is 2.83 bits per heavy atom. The molecule has 30 heavy (non-hydrogen) atoms. The Kier molecular flexibility index (Phi) is 7.48. The number of halogens is 3. The van der Waals surface area contributed by atoms with Crippen molar-refractivity contribution in [1.29, 1.82) is 0 Å². The van der Waals surface area contributed by atoms with E-state index in [4.69, 9.17) is 4.74 Å². The number of H-pyrrole nitrogens is 1. The first kappa shape index (κ1) is 22.3. The Hall–Kier alpha value is -2.40. The van der Waals surface area contributed by atoms with Gasteiger partial charge in [0.15, 0.2) is 0 Å². The van der Waals surface area contributed by atoms with E-state index in [9.17, 15) is 13.6 Å². The van der Waals surface area contributed by atoms with E-state index in [0.717, 1.165) is 11.0 Å². The number of aromatic nitrogens is 2. The number of hydrogen-bond donors (Lipinski definition) is 3. The third-order valence-electron chi connectivity index (χ3n) is 4.50. The van der Waals surface area contributed by atoms with Crippen LogP contribution in [0.1, 0.15) is 23.6 Å². The molecule has 9 heteroatoms. The lowest BCUT2D eigenvalue weighted by atomic mass is 10.0. The number of benzene rings is 2. The highest BCUT2D eigenvalue weighted by molar-refractivity contribution is 14.2. The van der Waals surface area contributed by atoms with Crippen LogP contribution in [0.5, 0.6) is 0 Å². The molecule has 0 saturated heterocycles. The Balaban J connectivity index is 1.88. The quantitative estimate of drug-likeness (QED) is 0.208. The van der Waals surface area contributed by atoms with Crippen molar-refractivity contribution in [1.82, 2.24) is 15.3 Å². The van der Waals surface area contributed by atoms with Crippen molar-refractivity contribution in [3.8, 4) is 0 Å². The van der Waals surface area contributed by atoms with Crippen LogP contribution in [-0.4, -0.2) is 40.7 Å². The molecule has 0 bridgehead atoms. The summed E-state index contributed by atoms with van der Waals surface area (Å²) in [6.45, 7) is 0.763. The molecule has 3 N–H and O–H groups in total. The highest BCUT2D eigenvalue weighted by Gasteiger charge is 2.29. The predicted octanol–water partition coefficient (Wildman–Crippen LogP) is 4.32. The number of para-hydroxylation sites is 2. The van der Waals surface area contributed by atoms with Crippen LogP contribution in [0.4, 0.5) is 14.7 Å². The van der Waals surface area contributed by atoms with Gasteiger partial charge in [-0.15, -0.1) is 0 Å². The van der Waals surface area contributed by atoms with E-state index in [1.807, 2.05) is 24.3 Å². The number of hydrogen-bond acceptors (Lipinski definition) is 4. The first-order valence-corrected chi connectivity index (χ1v) is 11.9. The number of methoxy groups -OCH3 is 1. The van der Waals surface area contributed by atoms with E-state index in [1.165, 1.54) is 12.1 Å². The fourth-order valence-corrected chi connectivity index (χ4v) is 3.77. The van der Waals surface area contributed by atoms with E-state index in [-0.39, 0.29) is 17.9 Å². The molecule has 3 rings (SSSR count). The highest BCUT2D eigenvalue weighted by atomic mass is 127. The van der Waals surface area contributed by atoms with E-state index in [2.05, 4.69) is 25.1 Å². The number of rotatable bonds is 10. The standard InChI is InChI=1S/C21H23F2IN4O2/c1-24-21(22,23)15-7-5-6-14(12-15)18(13-19(29)25-10-11-30-2)28-20-26-16-8-3-4-9-17(16)27-20/h3-9,12,18H,1,10-11,13H2,2H3,(H,25,29)(H2,26,27,28). The van der Waals surface area contributed by atoms with Gasteiger partial charge in [-0.1, -0.05) is 34.8 Å². The van der Waals surface area contributed by atoms with Gasteiger partial charge in [-0.3, -0.25) is 4.79 Å². The number of carbonyl (C=O) groups excluding carboxylic acids is 1. The number of nitrogens with zero attached hydrogens (tertiary/aromatic N) is 1. The summed E-state index contributed by atoms with van der Waals surface area (Å²) < 4.78 is 33.9. The summed E-state index contributed by atoms with van der Waals surface area (Å²) in [6.07, 6.45) is 0.0508. The molecule has 2 aromatic carbocycles. The second-order valence-corrected chi connectivity index (χ2v) is 8.72. The van der Waals surface area contributed by atoms with E-state index in [1.54, 1.807) is 19.2 Å². The number of fused-ring (bicyclic) bond motifs is 1. The van der Waals surface area contributed by atoms with Crippen molar-refractivity contribution in [3.63, 3.8) is 0 Å². The Labute approximate surface area is 183 Å². The molecule has 0 fully saturated rings. The molecule has 0 aliphatic rings. The zero-order chi connectivity index (χ0) is 21.6. The molecule has 6 nitrogen and oxygen atoms in total. The van der Waals surface area contributed by atoms with Crippen LogP contribution < -0.4 is 10.6 Å². The second-order valence-electron chi connectivity index (χ2n) is 6.60. The molecule has 1 heterocycles. The number of aromatic amines is 1. The van der Waals surface area contributed by atoms with Gasteiger partial charge < -0.3 is 20.4 Å². The van der Waals surface area contributed by atoms with Crippen molar-refractivity contribution in [2.24, 2.45) is 0 Å². The molecule has 0 aliphatic heterocycles. The average molecular weight is 528 g/mol. The molecule has 3 aromatic rings. The van der Waals surface area contributed by atoms with Crippen LogP contribution >= 0.6 is 20.7 Å². The zero-order valence-electron chi connectivity index (χ0n) is 16.4. The number of imidazole rings is 1. The molecule has 1 aromatic heterocycles. The molecule has 0 radical (unpaired) electrons. The van der Waals surface area contributed by atoms with Crippen LogP contribution in [0.2, 0.25) is 0 Å². The van der Waals surface area contributed by atoms with Gasteiger partial charge in [-0.2, -0.15) is 8.78 Å². The van der Waals surface area contributed by atoms with Crippen molar-refractivity contribution >= 4 is 48.1 Å².